The molecule has 112 valence electrons. The number of aromatic nitrogens is 2. The number of benzene rings is 1. The van der Waals surface area contributed by atoms with Crippen LogP contribution in [0, 0.1) is 0 Å². The molecule has 0 aliphatic heterocycles. The van der Waals surface area contributed by atoms with Gasteiger partial charge in [-0.05, 0) is 35.2 Å². The second kappa shape index (κ2) is 5.30. The van der Waals surface area contributed by atoms with Crippen molar-refractivity contribution in [2.45, 2.75) is 26.2 Å². The number of hydrogen-bond donors (Lipinski definition) is 1. The highest BCUT2D eigenvalue weighted by atomic mass is 16.1. The zero-order valence-electron chi connectivity index (χ0n) is 13.0. The lowest BCUT2D eigenvalue weighted by molar-refractivity contribution is 0.102. The molecule has 4 heteroatoms. The lowest BCUT2D eigenvalue weighted by Crippen LogP contribution is -2.13. The average Bonchev–Trinajstić information content (AvgIpc) is 2.91. The van der Waals surface area contributed by atoms with Crippen molar-refractivity contribution >= 4 is 17.1 Å². The van der Waals surface area contributed by atoms with E-state index in [1.54, 1.807) is 10.7 Å². The SMILES string of the molecule is CC(C)(C)c1ccc(NC(=O)c2cnn3ccccc23)cc1. The Kier molecular flexibility index (Phi) is 3.45. The Balaban J connectivity index is 1.82. The van der Waals surface area contributed by atoms with E-state index >= 15 is 0 Å². The molecule has 1 aromatic carbocycles. The maximum Gasteiger partial charge on any atom is 0.259 e. The quantitative estimate of drug-likeness (QED) is 0.779. The van der Waals surface area contributed by atoms with Gasteiger partial charge in [-0.1, -0.05) is 39.0 Å². The van der Waals surface area contributed by atoms with Gasteiger partial charge >= 0.3 is 0 Å². The van der Waals surface area contributed by atoms with E-state index in [9.17, 15) is 4.79 Å². The molecule has 0 radical (unpaired) electrons. The molecule has 0 aliphatic carbocycles. The molecule has 0 unspecified atom stereocenters. The minimum absolute atomic E-state index is 0.102. The highest BCUT2D eigenvalue weighted by Crippen LogP contribution is 2.23. The zero-order valence-corrected chi connectivity index (χ0v) is 13.0. The number of hydrogen-bond acceptors (Lipinski definition) is 2. The fourth-order valence-corrected chi connectivity index (χ4v) is 2.36. The van der Waals surface area contributed by atoms with E-state index in [2.05, 4.69) is 31.2 Å². The molecule has 0 spiro atoms. The van der Waals surface area contributed by atoms with Gasteiger partial charge in [0.25, 0.3) is 5.91 Å². The number of rotatable bonds is 2. The van der Waals surface area contributed by atoms with E-state index in [0.29, 0.717) is 5.56 Å². The van der Waals surface area contributed by atoms with Crippen LogP contribution >= 0.6 is 0 Å². The average molecular weight is 293 g/mol. The molecule has 0 saturated carbocycles. The van der Waals surface area contributed by atoms with Crippen LogP contribution in [-0.4, -0.2) is 15.5 Å². The Morgan fingerprint density at radius 3 is 2.50 bits per heavy atom. The third-order valence-electron chi connectivity index (χ3n) is 3.68. The first-order chi connectivity index (χ1) is 10.4. The predicted molar refractivity (Wildman–Crippen MR) is 88.3 cm³/mol. The number of carbonyl (C=O) groups excluding carboxylic acids is 1. The lowest BCUT2D eigenvalue weighted by Gasteiger charge is -2.19. The first-order valence-electron chi connectivity index (χ1n) is 7.29. The second-order valence-electron chi connectivity index (χ2n) is 6.37. The normalized spacial score (nSPS) is 11.6. The van der Waals surface area contributed by atoms with Gasteiger partial charge in [0, 0.05) is 11.9 Å². The van der Waals surface area contributed by atoms with Crippen molar-refractivity contribution in [2.75, 3.05) is 5.32 Å². The van der Waals surface area contributed by atoms with Crippen LogP contribution in [0.15, 0.2) is 54.9 Å². The Hall–Kier alpha value is -2.62. The summed E-state index contributed by atoms with van der Waals surface area (Å²) in [7, 11) is 0. The summed E-state index contributed by atoms with van der Waals surface area (Å²) < 4.78 is 1.69. The van der Waals surface area contributed by atoms with Crippen molar-refractivity contribution in [1.82, 2.24) is 9.61 Å². The molecule has 3 aromatic rings. The van der Waals surface area contributed by atoms with Crippen LogP contribution in [0.25, 0.3) is 5.52 Å². The van der Waals surface area contributed by atoms with Crippen molar-refractivity contribution in [2.24, 2.45) is 0 Å². The smallest absolute Gasteiger partial charge is 0.259 e. The lowest BCUT2D eigenvalue weighted by atomic mass is 9.87. The molecule has 22 heavy (non-hydrogen) atoms. The summed E-state index contributed by atoms with van der Waals surface area (Å²) in [6.45, 7) is 6.50. The molecular formula is C18H19N3O. The van der Waals surface area contributed by atoms with Crippen molar-refractivity contribution in [3.8, 4) is 0 Å². The van der Waals surface area contributed by atoms with Crippen LogP contribution in [0.5, 0.6) is 0 Å². The summed E-state index contributed by atoms with van der Waals surface area (Å²) >= 11 is 0. The van der Waals surface area contributed by atoms with Gasteiger partial charge in [0.1, 0.15) is 0 Å². The number of nitrogens with zero attached hydrogens (tertiary/aromatic N) is 2. The highest BCUT2D eigenvalue weighted by molar-refractivity contribution is 6.08. The van der Waals surface area contributed by atoms with Gasteiger partial charge in [-0.25, -0.2) is 4.52 Å². The van der Waals surface area contributed by atoms with Gasteiger partial charge in [0.05, 0.1) is 17.3 Å². The molecule has 0 fully saturated rings. The minimum Gasteiger partial charge on any atom is -0.322 e. The number of fused-ring (bicyclic) bond motifs is 1. The molecule has 0 atom stereocenters. The van der Waals surface area contributed by atoms with E-state index < -0.39 is 0 Å². The van der Waals surface area contributed by atoms with Crippen LogP contribution in [0.4, 0.5) is 5.69 Å². The highest BCUT2D eigenvalue weighted by Gasteiger charge is 2.15. The van der Waals surface area contributed by atoms with Crippen molar-refractivity contribution in [3.63, 3.8) is 0 Å². The number of carbonyl (C=O) groups is 1. The van der Waals surface area contributed by atoms with E-state index in [0.717, 1.165) is 11.2 Å². The zero-order chi connectivity index (χ0) is 15.7. The molecule has 0 bridgehead atoms. The molecule has 0 saturated heterocycles. The Morgan fingerprint density at radius 2 is 1.82 bits per heavy atom. The molecule has 2 heterocycles. The van der Waals surface area contributed by atoms with E-state index in [-0.39, 0.29) is 11.3 Å². The summed E-state index contributed by atoms with van der Waals surface area (Å²) in [4.78, 5) is 12.4. The molecule has 1 N–H and O–H groups in total. The van der Waals surface area contributed by atoms with Crippen LogP contribution in [0.3, 0.4) is 0 Å². The minimum atomic E-state index is -0.148. The van der Waals surface area contributed by atoms with E-state index in [4.69, 9.17) is 0 Å². The monoisotopic (exact) mass is 293 g/mol. The third kappa shape index (κ3) is 2.72. The molecule has 1 amide bonds. The first kappa shape index (κ1) is 14.3. The molecular weight excluding hydrogens is 274 g/mol. The predicted octanol–water partition coefficient (Wildman–Crippen LogP) is 3.88. The summed E-state index contributed by atoms with van der Waals surface area (Å²) in [5, 5.41) is 7.11. The Bertz CT molecular complexity index is 810. The summed E-state index contributed by atoms with van der Waals surface area (Å²) in [6.07, 6.45) is 3.42. The van der Waals surface area contributed by atoms with Gasteiger partial charge in [0.15, 0.2) is 0 Å². The van der Waals surface area contributed by atoms with Crippen LogP contribution < -0.4 is 5.32 Å². The van der Waals surface area contributed by atoms with E-state index in [1.807, 2.05) is 48.7 Å². The Labute approximate surface area is 129 Å². The van der Waals surface area contributed by atoms with Gasteiger partial charge in [-0.3, -0.25) is 4.79 Å². The largest absolute Gasteiger partial charge is 0.322 e. The van der Waals surface area contributed by atoms with Crippen LogP contribution in [0.2, 0.25) is 0 Å². The first-order valence-corrected chi connectivity index (χ1v) is 7.29. The van der Waals surface area contributed by atoms with Gasteiger partial charge in [-0.2, -0.15) is 5.10 Å². The molecule has 4 nitrogen and oxygen atoms in total. The number of amides is 1. The van der Waals surface area contributed by atoms with Crippen LogP contribution in [0.1, 0.15) is 36.7 Å². The Morgan fingerprint density at radius 1 is 1.09 bits per heavy atom. The fourth-order valence-electron chi connectivity index (χ4n) is 2.36. The van der Waals surface area contributed by atoms with Gasteiger partial charge < -0.3 is 5.32 Å². The van der Waals surface area contributed by atoms with Crippen molar-refractivity contribution in [1.29, 1.82) is 0 Å². The topological polar surface area (TPSA) is 46.4 Å². The third-order valence-corrected chi connectivity index (χ3v) is 3.68. The maximum atomic E-state index is 12.4. The van der Waals surface area contributed by atoms with Gasteiger partial charge in [-0.15, -0.1) is 0 Å². The molecule has 0 aliphatic rings. The number of nitrogens with one attached hydrogen (secondary N) is 1. The van der Waals surface area contributed by atoms with Crippen molar-refractivity contribution in [3.05, 3.63) is 66.0 Å². The summed E-state index contributed by atoms with van der Waals surface area (Å²) in [5.74, 6) is -0.148. The van der Waals surface area contributed by atoms with E-state index in [1.165, 1.54) is 5.56 Å². The molecule has 2 aromatic heterocycles. The van der Waals surface area contributed by atoms with Gasteiger partial charge in [0.2, 0.25) is 0 Å². The maximum absolute atomic E-state index is 12.4. The standard InChI is InChI=1S/C18H19N3O/c1-18(2,3)13-7-9-14(10-8-13)20-17(22)15-12-19-21-11-5-4-6-16(15)21/h4-12H,1-3H3,(H,20,22). The number of anilines is 1. The summed E-state index contributed by atoms with van der Waals surface area (Å²) in [6, 6.07) is 13.6. The number of pyridine rings is 1. The van der Waals surface area contributed by atoms with Crippen LogP contribution in [-0.2, 0) is 5.41 Å². The summed E-state index contributed by atoms with van der Waals surface area (Å²) in [5.41, 5.74) is 3.49. The fraction of sp³-hybridized carbons (Fsp3) is 0.222. The second-order valence-corrected chi connectivity index (χ2v) is 6.37. The van der Waals surface area contributed by atoms with Crippen molar-refractivity contribution < 1.29 is 4.79 Å². The molecule has 3 rings (SSSR count).